The topological polar surface area (TPSA) is 68.3 Å². The fourth-order valence-corrected chi connectivity index (χ4v) is 3.47. The van der Waals surface area contributed by atoms with Crippen LogP contribution in [0.3, 0.4) is 0 Å². The molecule has 128 valence electrons. The van der Waals surface area contributed by atoms with E-state index in [4.69, 9.17) is 4.74 Å². The Morgan fingerprint density at radius 3 is 2.46 bits per heavy atom. The van der Waals surface area contributed by atoms with Crippen molar-refractivity contribution in [2.24, 2.45) is 0 Å². The van der Waals surface area contributed by atoms with E-state index < -0.39 is 11.5 Å². The van der Waals surface area contributed by atoms with Crippen molar-refractivity contribution in [3.8, 4) is 10.6 Å². The van der Waals surface area contributed by atoms with Gasteiger partial charge in [-0.3, -0.25) is 4.79 Å². The minimum atomic E-state index is -1.10. The van der Waals surface area contributed by atoms with Crippen LogP contribution in [0.5, 0.6) is 0 Å². The number of hydrogen-bond acceptors (Lipinski definition) is 5. The molecule has 0 saturated heterocycles. The molecular weight excluding hydrogens is 324 g/mol. The number of ether oxygens (including phenoxy) is 1. The third-order valence-corrected chi connectivity index (χ3v) is 4.93. The number of methoxy groups -OCH3 is 1. The predicted molar refractivity (Wildman–Crippen MR) is 95.3 cm³/mol. The molecule has 0 saturated carbocycles. The van der Waals surface area contributed by atoms with E-state index in [1.807, 2.05) is 26.0 Å². The highest BCUT2D eigenvalue weighted by atomic mass is 32.1. The first-order chi connectivity index (χ1) is 11.2. The van der Waals surface area contributed by atoms with E-state index in [0.717, 1.165) is 16.1 Å². The summed E-state index contributed by atoms with van der Waals surface area (Å²) in [6.45, 7) is 9.08. The van der Waals surface area contributed by atoms with Gasteiger partial charge in [0.2, 0.25) is 0 Å². The second-order valence-electron chi connectivity index (χ2n) is 6.32. The van der Waals surface area contributed by atoms with E-state index in [1.54, 1.807) is 20.8 Å². The molecule has 1 aromatic heterocycles. The Morgan fingerprint density at radius 2 is 1.88 bits per heavy atom. The summed E-state index contributed by atoms with van der Waals surface area (Å²) in [4.78, 5) is 29.3. The molecule has 24 heavy (non-hydrogen) atoms. The molecule has 0 spiro atoms. The summed E-state index contributed by atoms with van der Waals surface area (Å²) in [5, 5.41) is 3.51. The molecule has 1 N–H and O–H groups in total. The van der Waals surface area contributed by atoms with E-state index in [2.05, 4.69) is 16.4 Å². The molecule has 1 aromatic carbocycles. The molecule has 5 nitrogen and oxygen atoms in total. The minimum absolute atomic E-state index is 0.323. The molecule has 0 unspecified atom stereocenters. The smallest absolute Gasteiger partial charge is 0.330 e. The van der Waals surface area contributed by atoms with E-state index >= 15 is 0 Å². The molecule has 0 fully saturated rings. The van der Waals surface area contributed by atoms with Crippen molar-refractivity contribution >= 4 is 23.2 Å². The van der Waals surface area contributed by atoms with E-state index in [-0.39, 0.29) is 5.91 Å². The Morgan fingerprint density at radius 1 is 1.21 bits per heavy atom. The molecule has 0 aliphatic heterocycles. The number of thiazole rings is 1. The van der Waals surface area contributed by atoms with E-state index in [1.165, 1.54) is 24.0 Å². The molecule has 0 radical (unpaired) electrons. The van der Waals surface area contributed by atoms with Crippen LogP contribution in [0.1, 0.15) is 40.3 Å². The zero-order valence-corrected chi connectivity index (χ0v) is 15.6. The van der Waals surface area contributed by atoms with Crippen LogP contribution in [0.15, 0.2) is 18.2 Å². The van der Waals surface area contributed by atoms with Gasteiger partial charge >= 0.3 is 5.97 Å². The third kappa shape index (κ3) is 3.64. The van der Waals surface area contributed by atoms with Gasteiger partial charge in [0.1, 0.15) is 15.4 Å². The van der Waals surface area contributed by atoms with Gasteiger partial charge in [0.25, 0.3) is 5.91 Å². The first kappa shape index (κ1) is 18.1. The highest BCUT2D eigenvalue weighted by Crippen LogP contribution is 2.31. The van der Waals surface area contributed by atoms with Crippen LogP contribution >= 0.6 is 11.3 Å². The number of carbonyl (C=O) groups excluding carboxylic acids is 2. The number of nitrogens with zero attached hydrogens (tertiary/aromatic N) is 1. The first-order valence-electron chi connectivity index (χ1n) is 7.61. The molecule has 2 aromatic rings. The van der Waals surface area contributed by atoms with Crippen LogP contribution in [0, 0.1) is 20.8 Å². The maximum atomic E-state index is 12.5. The molecule has 0 aliphatic carbocycles. The number of rotatable bonds is 4. The Hall–Kier alpha value is -2.21. The molecule has 0 bridgehead atoms. The average Bonchev–Trinajstić information content (AvgIpc) is 2.87. The molecular formula is C18H22N2O3S. The fraction of sp³-hybridized carbons (Fsp3) is 0.389. The van der Waals surface area contributed by atoms with Gasteiger partial charge in [-0.15, -0.1) is 11.3 Å². The summed E-state index contributed by atoms with van der Waals surface area (Å²) in [6, 6.07) is 6.13. The van der Waals surface area contributed by atoms with E-state index in [0.29, 0.717) is 10.6 Å². The summed E-state index contributed by atoms with van der Waals surface area (Å²) in [7, 11) is 1.30. The summed E-state index contributed by atoms with van der Waals surface area (Å²) < 4.78 is 4.72. The minimum Gasteiger partial charge on any atom is -0.467 e. The largest absolute Gasteiger partial charge is 0.467 e. The number of esters is 1. The van der Waals surface area contributed by atoms with Crippen molar-refractivity contribution in [1.29, 1.82) is 0 Å². The first-order valence-corrected chi connectivity index (χ1v) is 8.43. The molecule has 0 aliphatic rings. The number of amides is 1. The molecule has 1 heterocycles. The van der Waals surface area contributed by atoms with Crippen LogP contribution in [-0.2, 0) is 9.53 Å². The lowest BCUT2D eigenvalue weighted by Crippen LogP contribution is -2.50. The monoisotopic (exact) mass is 346 g/mol. The van der Waals surface area contributed by atoms with Gasteiger partial charge in [0.15, 0.2) is 0 Å². The van der Waals surface area contributed by atoms with E-state index in [9.17, 15) is 9.59 Å². The lowest BCUT2D eigenvalue weighted by Gasteiger charge is -2.22. The summed E-state index contributed by atoms with van der Waals surface area (Å²) in [5.74, 6) is -0.816. The van der Waals surface area contributed by atoms with Crippen LogP contribution in [-0.4, -0.2) is 29.5 Å². The van der Waals surface area contributed by atoms with Crippen LogP contribution in [0.4, 0.5) is 0 Å². The average molecular weight is 346 g/mol. The number of benzene rings is 1. The summed E-state index contributed by atoms with van der Waals surface area (Å²) in [5.41, 5.74) is 2.86. The van der Waals surface area contributed by atoms with Gasteiger partial charge in [-0.25, -0.2) is 9.78 Å². The molecule has 0 atom stereocenters. The Balaban J connectivity index is 2.32. The second kappa shape index (κ2) is 6.73. The number of hydrogen-bond donors (Lipinski definition) is 1. The Bertz CT molecular complexity index is 794. The van der Waals surface area contributed by atoms with Crippen molar-refractivity contribution < 1.29 is 14.3 Å². The Labute approximate surface area is 146 Å². The fourth-order valence-electron chi connectivity index (χ4n) is 2.42. The number of aryl methyl sites for hydroxylation is 3. The standard InChI is InChI=1S/C18H22N2O3S/c1-10-7-8-13(11(2)9-10)16-19-12(3)14(24-16)15(21)20-18(4,5)17(22)23-6/h7-9H,1-6H3,(H,20,21). The third-order valence-electron chi connectivity index (χ3n) is 3.74. The lowest BCUT2D eigenvalue weighted by molar-refractivity contribution is -0.146. The lowest BCUT2D eigenvalue weighted by atomic mass is 10.1. The van der Waals surface area contributed by atoms with Crippen LogP contribution < -0.4 is 5.32 Å². The highest BCUT2D eigenvalue weighted by molar-refractivity contribution is 7.17. The van der Waals surface area contributed by atoms with Gasteiger partial charge in [0.05, 0.1) is 12.8 Å². The number of carbonyl (C=O) groups is 2. The number of aromatic nitrogens is 1. The van der Waals surface area contributed by atoms with Crippen LogP contribution in [0.2, 0.25) is 0 Å². The van der Waals surface area contributed by atoms with Gasteiger partial charge in [-0.05, 0) is 40.2 Å². The summed E-state index contributed by atoms with van der Waals surface area (Å²) in [6.07, 6.45) is 0. The zero-order chi connectivity index (χ0) is 18.1. The molecule has 6 heteroatoms. The maximum absolute atomic E-state index is 12.5. The van der Waals surface area contributed by atoms with Crippen LogP contribution in [0.25, 0.3) is 10.6 Å². The zero-order valence-electron chi connectivity index (χ0n) is 14.8. The Kier molecular flexibility index (Phi) is 5.08. The SMILES string of the molecule is COC(=O)C(C)(C)NC(=O)c1sc(-c2ccc(C)cc2C)nc1C. The van der Waals surface area contributed by atoms with Gasteiger partial charge < -0.3 is 10.1 Å². The van der Waals surface area contributed by atoms with Crippen molar-refractivity contribution in [3.63, 3.8) is 0 Å². The normalized spacial score (nSPS) is 11.2. The molecule has 1 amide bonds. The van der Waals surface area contributed by atoms with Crippen molar-refractivity contribution in [2.75, 3.05) is 7.11 Å². The molecule has 2 rings (SSSR count). The van der Waals surface area contributed by atoms with Crippen molar-refractivity contribution in [2.45, 2.75) is 40.2 Å². The second-order valence-corrected chi connectivity index (χ2v) is 7.32. The predicted octanol–water partition coefficient (Wildman–Crippen LogP) is 3.42. The quantitative estimate of drug-likeness (QED) is 0.862. The van der Waals surface area contributed by atoms with Gasteiger partial charge in [-0.2, -0.15) is 0 Å². The van der Waals surface area contributed by atoms with Gasteiger partial charge in [-0.1, -0.05) is 23.8 Å². The van der Waals surface area contributed by atoms with Crippen molar-refractivity contribution in [1.82, 2.24) is 10.3 Å². The number of nitrogens with one attached hydrogen (secondary N) is 1. The maximum Gasteiger partial charge on any atom is 0.330 e. The highest BCUT2D eigenvalue weighted by Gasteiger charge is 2.32. The van der Waals surface area contributed by atoms with Crippen molar-refractivity contribution in [3.05, 3.63) is 39.9 Å². The summed E-state index contributed by atoms with van der Waals surface area (Å²) >= 11 is 1.33. The van der Waals surface area contributed by atoms with Gasteiger partial charge in [0, 0.05) is 5.56 Å².